The number of aliphatic hydroxyl groups is 1. The lowest BCUT2D eigenvalue weighted by Crippen LogP contribution is -2.10. The number of carbonyl (C=O) groups is 1. The number of benzene rings is 1. The molecule has 0 saturated carbocycles. The Morgan fingerprint density at radius 2 is 2.19 bits per heavy atom. The van der Waals surface area contributed by atoms with Crippen LogP contribution in [0.3, 0.4) is 0 Å². The Morgan fingerprint density at radius 1 is 1.38 bits per heavy atom. The Morgan fingerprint density at radius 3 is 2.81 bits per heavy atom. The molecule has 1 aromatic heterocycles. The van der Waals surface area contributed by atoms with Crippen LogP contribution in [0, 0.1) is 17.7 Å². The van der Waals surface area contributed by atoms with Crippen LogP contribution in [0.4, 0.5) is 10.1 Å². The summed E-state index contributed by atoms with van der Waals surface area (Å²) in [6.45, 7) is 1.70. The van der Waals surface area contributed by atoms with E-state index >= 15 is 0 Å². The molecule has 2 N–H and O–H groups in total. The van der Waals surface area contributed by atoms with Gasteiger partial charge < -0.3 is 10.4 Å². The fourth-order valence-electron chi connectivity index (χ4n) is 1.71. The maximum atomic E-state index is 13.8. The predicted molar refractivity (Wildman–Crippen MR) is 82.0 cm³/mol. The first-order chi connectivity index (χ1) is 10.1. The Bertz CT molecular complexity index is 713. The summed E-state index contributed by atoms with van der Waals surface area (Å²) in [4.78, 5) is 13.7. The van der Waals surface area contributed by atoms with Gasteiger partial charge in [-0.05, 0) is 36.8 Å². The van der Waals surface area contributed by atoms with Crippen LogP contribution < -0.4 is 5.32 Å². The lowest BCUT2D eigenvalue weighted by Gasteiger charge is -2.04. The summed E-state index contributed by atoms with van der Waals surface area (Å²) in [7, 11) is 0. The first kappa shape index (κ1) is 15.2. The molecule has 5 heteroatoms. The van der Waals surface area contributed by atoms with Crippen LogP contribution in [0.2, 0.25) is 0 Å². The Labute approximate surface area is 126 Å². The van der Waals surface area contributed by atoms with Crippen molar-refractivity contribution in [1.82, 2.24) is 0 Å². The first-order valence-corrected chi connectivity index (χ1v) is 7.25. The van der Waals surface area contributed by atoms with Crippen molar-refractivity contribution in [2.45, 2.75) is 13.3 Å². The van der Waals surface area contributed by atoms with E-state index in [9.17, 15) is 9.18 Å². The van der Waals surface area contributed by atoms with E-state index in [0.29, 0.717) is 10.6 Å². The predicted octanol–water partition coefficient (Wildman–Crippen LogP) is 3.05. The van der Waals surface area contributed by atoms with Gasteiger partial charge in [-0.3, -0.25) is 4.79 Å². The number of anilines is 1. The third-order valence-corrected chi connectivity index (χ3v) is 3.99. The van der Waals surface area contributed by atoms with E-state index in [1.165, 1.54) is 23.5 Å². The molecular weight excluding hydrogens is 289 g/mol. The second-order valence-electron chi connectivity index (χ2n) is 4.23. The second kappa shape index (κ2) is 7.02. The maximum Gasteiger partial charge on any atom is 0.265 e. The summed E-state index contributed by atoms with van der Waals surface area (Å²) >= 11 is 1.42. The number of aliphatic hydroxyl groups excluding tert-OH is 1. The molecule has 1 heterocycles. The molecule has 0 atom stereocenters. The van der Waals surface area contributed by atoms with E-state index in [4.69, 9.17) is 5.11 Å². The van der Waals surface area contributed by atoms with E-state index in [0.717, 1.165) is 11.3 Å². The van der Waals surface area contributed by atoms with Gasteiger partial charge in [-0.1, -0.05) is 18.8 Å². The molecule has 21 heavy (non-hydrogen) atoms. The van der Waals surface area contributed by atoms with E-state index < -0.39 is 5.82 Å². The average molecular weight is 303 g/mol. The molecule has 3 nitrogen and oxygen atoms in total. The molecule has 0 saturated heterocycles. The lowest BCUT2D eigenvalue weighted by molar-refractivity contribution is 0.103. The molecule has 1 aromatic carbocycles. The molecule has 1 amide bonds. The quantitative estimate of drug-likeness (QED) is 0.856. The zero-order chi connectivity index (χ0) is 15.2. The van der Waals surface area contributed by atoms with E-state index in [-0.39, 0.29) is 18.1 Å². The van der Waals surface area contributed by atoms with Crippen molar-refractivity contribution < 1.29 is 14.3 Å². The van der Waals surface area contributed by atoms with Crippen LogP contribution in [-0.4, -0.2) is 17.6 Å². The van der Waals surface area contributed by atoms with Gasteiger partial charge in [0.1, 0.15) is 12.4 Å². The number of carbonyl (C=O) groups excluding carboxylic acids is 1. The molecule has 2 rings (SSSR count). The summed E-state index contributed by atoms with van der Waals surface area (Å²) in [5.74, 6) is 4.09. The third kappa shape index (κ3) is 3.91. The Balaban J connectivity index is 2.12. The highest BCUT2D eigenvalue weighted by molar-refractivity contribution is 7.14. The fourth-order valence-corrected chi connectivity index (χ4v) is 2.55. The van der Waals surface area contributed by atoms with Gasteiger partial charge in [0.15, 0.2) is 0 Å². The number of amides is 1. The zero-order valence-electron chi connectivity index (χ0n) is 11.4. The van der Waals surface area contributed by atoms with Crippen molar-refractivity contribution in [3.05, 3.63) is 51.5 Å². The van der Waals surface area contributed by atoms with Gasteiger partial charge in [-0.25, -0.2) is 4.39 Å². The number of hydrogen-bond donors (Lipinski definition) is 2. The van der Waals surface area contributed by atoms with Crippen molar-refractivity contribution in [2.75, 3.05) is 11.9 Å². The fraction of sp³-hybridized carbons (Fsp3) is 0.188. The van der Waals surface area contributed by atoms with Crippen molar-refractivity contribution >= 4 is 22.9 Å². The third-order valence-electron chi connectivity index (χ3n) is 2.76. The molecule has 2 aromatic rings. The van der Waals surface area contributed by atoms with Crippen molar-refractivity contribution in [2.24, 2.45) is 0 Å². The molecule has 0 unspecified atom stereocenters. The van der Waals surface area contributed by atoms with E-state index in [2.05, 4.69) is 17.2 Å². The topological polar surface area (TPSA) is 49.3 Å². The summed E-state index contributed by atoms with van der Waals surface area (Å²) in [5, 5.41) is 11.2. The Hall–Kier alpha value is -2.16. The van der Waals surface area contributed by atoms with Gasteiger partial charge in [0.25, 0.3) is 5.91 Å². The minimum Gasteiger partial charge on any atom is -0.384 e. The van der Waals surface area contributed by atoms with Crippen LogP contribution in [-0.2, 0) is 6.42 Å². The van der Waals surface area contributed by atoms with Crippen LogP contribution in [0.1, 0.15) is 27.0 Å². The highest BCUT2D eigenvalue weighted by Crippen LogP contribution is 2.19. The summed E-state index contributed by atoms with van der Waals surface area (Å²) in [6.07, 6.45) is 0.880. The summed E-state index contributed by atoms with van der Waals surface area (Å²) in [5.41, 5.74) is 0.560. The van der Waals surface area contributed by atoms with Crippen molar-refractivity contribution in [3.63, 3.8) is 0 Å². The van der Waals surface area contributed by atoms with Gasteiger partial charge in [-0.15, -0.1) is 11.3 Å². The van der Waals surface area contributed by atoms with Gasteiger partial charge in [0, 0.05) is 10.6 Å². The smallest absolute Gasteiger partial charge is 0.265 e. The molecule has 0 spiro atoms. The number of aryl methyl sites for hydroxylation is 1. The van der Waals surface area contributed by atoms with Gasteiger partial charge >= 0.3 is 0 Å². The van der Waals surface area contributed by atoms with Gasteiger partial charge in [0.2, 0.25) is 0 Å². The van der Waals surface area contributed by atoms with Crippen LogP contribution in [0.25, 0.3) is 0 Å². The van der Waals surface area contributed by atoms with Crippen molar-refractivity contribution in [3.8, 4) is 11.8 Å². The largest absolute Gasteiger partial charge is 0.384 e. The molecule has 0 aliphatic carbocycles. The number of thiophene rings is 1. The number of hydrogen-bond acceptors (Lipinski definition) is 3. The minimum absolute atomic E-state index is 0.187. The normalized spacial score (nSPS) is 9.86. The molecule has 0 bridgehead atoms. The van der Waals surface area contributed by atoms with E-state index in [1.807, 2.05) is 13.0 Å². The SMILES string of the molecule is CCc1ccc(C(=O)Nc2ccc(C#CCO)c(F)c2)s1. The molecule has 108 valence electrons. The zero-order valence-corrected chi connectivity index (χ0v) is 12.3. The monoisotopic (exact) mass is 303 g/mol. The van der Waals surface area contributed by atoms with E-state index in [1.54, 1.807) is 12.1 Å². The number of rotatable bonds is 3. The molecule has 0 fully saturated rings. The number of nitrogens with one attached hydrogen (secondary N) is 1. The summed E-state index contributed by atoms with van der Waals surface area (Å²) in [6, 6.07) is 7.94. The average Bonchev–Trinajstić information content (AvgIpc) is 2.95. The summed E-state index contributed by atoms with van der Waals surface area (Å²) < 4.78 is 13.8. The maximum absolute atomic E-state index is 13.8. The minimum atomic E-state index is -0.533. The Kier molecular flexibility index (Phi) is 5.09. The molecule has 0 aliphatic rings. The van der Waals surface area contributed by atoms with Crippen LogP contribution >= 0.6 is 11.3 Å². The second-order valence-corrected chi connectivity index (χ2v) is 5.40. The van der Waals surface area contributed by atoms with Crippen molar-refractivity contribution in [1.29, 1.82) is 0 Å². The standard InChI is InChI=1S/C16H14FNO2S/c1-2-13-7-8-15(21-13)16(20)18-12-6-5-11(4-3-9-19)14(17)10-12/h5-8,10,19H,2,9H2,1H3,(H,18,20). The first-order valence-electron chi connectivity index (χ1n) is 6.43. The molecule has 0 radical (unpaired) electrons. The van der Waals surface area contributed by atoms with Crippen LogP contribution in [0.15, 0.2) is 30.3 Å². The highest BCUT2D eigenvalue weighted by atomic mass is 32.1. The number of halogens is 1. The van der Waals surface area contributed by atoms with Crippen LogP contribution in [0.5, 0.6) is 0 Å². The molecule has 0 aliphatic heterocycles. The highest BCUT2D eigenvalue weighted by Gasteiger charge is 2.10. The van der Waals surface area contributed by atoms with Gasteiger partial charge in [-0.2, -0.15) is 0 Å². The lowest BCUT2D eigenvalue weighted by atomic mass is 10.2. The molecular formula is C16H14FNO2S. The van der Waals surface area contributed by atoms with Gasteiger partial charge in [0.05, 0.1) is 10.4 Å².